The van der Waals surface area contributed by atoms with Crippen LogP contribution in [0.2, 0.25) is 0 Å². The van der Waals surface area contributed by atoms with Crippen LogP contribution in [0.3, 0.4) is 0 Å². The van der Waals surface area contributed by atoms with Gasteiger partial charge in [-0.15, -0.1) is 0 Å². The van der Waals surface area contributed by atoms with E-state index in [-0.39, 0.29) is 24.3 Å². The number of carbonyl (C=O) groups is 3. The number of H-pyrrole nitrogens is 1. The maximum Gasteiger partial charge on any atom is 0.340 e. The van der Waals surface area contributed by atoms with E-state index in [0.717, 1.165) is 38.8 Å². The van der Waals surface area contributed by atoms with Crippen LogP contribution in [0.4, 0.5) is 5.69 Å². The maximum absolute atomic E-state index is 13.1. The Morgan fingerprint density at radius 1 is 1.19 bits per heavy atom. The molecule has 1 aliphatic heterocycles. The summed E-state index contributed by atoms with van der Waals surface area (Å²) in [4.78, 5) is 48.1. The number of rotatable bonds is 11. The summed E-state index contributed by atoms with van der Waals surface area (Å²) in [6.07, 6.45) is 5.72. The number of nitrogens with one attached hydrogen (secondary N) is 3. The zero-order valence-electron chi connectivity index (χ0n) is 22.5. The fourth-order valence-corrected chi connectivity index (χ4v) is 4.42. The fourth-order valence-electron chi connectivity index (χ4n) is 4.42. The molecule has 2 amide bonds. The lowest BCUT2D eigenvalue weighted by atomic mass is 10.1. The minimum absolute atomic E-state index is 0.141. The van der Waals surface area contributed by atoms with Crippen molar-refractivity contribution in [2.24, 2.45) is 0 Å². The number of unbranched alkanes of at least 4 members (excludes halogenated alkanes) is 1. The van der Waals surface area contributed by atoms with Crippen LogP contribution in [0, 0.1) is 13.8 Å². The Hall–Kier alpha value is -3.40. The molecule has 0 unspecified atom stereocenters. The monoisotopic (exact) mass is 513 g/mol. The molecule has 1 atom stereocenters. The van der Waals surface area contributed by atoms with Gasteiger partial charge in [-0.05, 0) is 58.7 Å². The SMILES string of the molecule is CCCC[C@H](NC(=O)c1[nH]c(C)c(C(=O)OCC)c1C)C(=O)Nc1ccc(OC2CCN(C)CC2)nc1. The summed E-state index contributed by atoms with van der Waals surface area (Å²) in [5, 5.41) is 5.67. The van der Waals surface area contributed by atoms with E-state index >= 15 is 0 Å². The molecule has 3 heterocycles. The average Bonchev–Trinajstić information content (AvgIpc) is 3.18. The summed E-state index contributed by atoms with van der Waals surface area (Å²) < 4.78 is 11.1. The van der Waals surface area contributed by atoms with Crippen molar-refractivity contribution in [2.75, 3.05) is 32.1 Å². The molecule has 3 rings (SSSR count). The number of aryl methyl sites for hydroxylation is 1. The van der Waals surface area contributed by atoms with Crippen LogP contribution < -0.4 is 15.4 Å². The van der Waals surface area contributed by atoms with Gasteiger partial charge < -0.3 is 30.0 Å². The smallest absolute Gasteiger partial charge is 0.340 e. The summed E-state index contributed by atoms with van der Waals surface area (Å²) >= 11 is 0. The fraction of sp³-hybridized carbons (Fsp3) is 0.556. The molecule has 0 radical (unpaired) electrons. The largest absolute Gasteiger partial charge is 0.474 e. The number of nitrogens with zero attached hydrogens (tertiary/aromatic N) is 2. The Morgan fingerprint density at radius 3 is 2.54 bits per heavy atom. The lowest BCUT2D eigenvalue weighted by molar-refractivity contribution is -0.118. The van der Waals surface area contributed by atoms with Gasteiger partial charge in [0, 0.05) is 24.8 Å². The Bertz CT molecular complexity index is 1070. The van der Waals surface area contributed by atoms with Crippen LogP contribution >= 0.6 is 0 Å². The first-order chi connectivity index (χ1) is 17.7. The summed E-state index contributed by atoms with van der Waals surface area (Å²) in [6, 6.07) is 2.74. The molecule has 0 spiro atoms. The molecule has 1 aliphatic rings. The molecular formula is C27H39N5O5. The van der Waals surface area contributed by atoms with Crippen LogP contribution in [0.5, 0.6) is 5.88 Å². The Morgan fingerprint density at radius 2 is 1.92 bits per heavy atom. The van der Waals surface area contributed by atoms with Crippen LogP contribution in [-0.4, -0.2) is 71.5 Å². The normalized spacial score (nSPS) is 15.2. The Labute approximate surface area is 218 Å². The van der Waals surface area contributed by atoms with Gasteiger partial charge in [0.1, 0.15) is 17.8 Å². The number of hydrogen-bond donors (Lipinski definition) is 3. The lowest BCUT2D eigenvalue weighted by Crippen LogP contribution is -2.44. The first-order valence-corrected chi connectivity index (χ1v) is 13.0. The van der Waals surface area contributed by atoms with Crippen LogP contribution in [0.25, 0.3) is 0 Å². The number of pyridine rings is 1. The van der Waals surface area contributed by atoms with E-state index in [0.29, 0.717) is 34.8 Å². The van der Waals surface area contributed by atoms with E-state index < -0.39 is 17.9 Å². The molecule has 0 saturated carbocycles. The zero-order valence-corrected chi connectivity index (χ0v) is 22.5. The predicted molar refractivity (Wildman–Crippen MR) is 141 cm³/mol. The van der Waals surface area contributed by atoms with Crippen LogP contribution in [0.1, 0.15) is 78.1 Å². The van der Waals surface area contributed by atoms with Gasteiger partial charge in [-0.2, -0.15) is 0 Å². The molecule has 2 aromatic heterocycles. The van der Waals surface area contributed by atoms with Crippen molar-refractivity contribution in [1.29, 1.82) is 0 Å². The molecule has 2 aromatic rings. The van der Waals surface area contributed by atoms with E-state index in [2.05, 4.69) is 32.5 Å². The topological polar surface area (TPSA) is 126 Å². The zero-order chi connectivity index (χ0) is 26.9. The lowest BCUT2D eigenvalue weighted by Gasteiger charge is -2.28. The van der Waals surface area contributed by atoms with Crippen molar-refractivity contribution in [3.05, 3.63) is 40.8 Å². The summed E-state index contributed by atoms with van der Waals surface area (Å²) in [5.74, 6) is -0.742. The first kappa shape index (κ1) is 28.2. The quantitative estimate of drug-likeness (QED) is 0.392. The van der Waals surface area contributed by atoms with Gasteiger partial charge in [0.05, 0.1) is 24.1 Å². The highest BCUT2D eigenvalue weighted by Crippen LogP contribution is 2.21. The summed E-state index contributed by atoms with van der Waals surface area (Å²) in [5.41, 5.74) is 2.15. The number of anilines is 1. The number of esters is 1. The van der Waals surface area contributed by atoms with Crippen molar-refractivity contribution in [3.63, 3.8) is 0 Å². The van der Waals surface area contributed by atoms with Gasteiger partial charge in [-0.3, -0.25) is 9.59 Å². The van der Waals surface area contributed by atoms with E-state index in [1.165, 1.54) is 0 Å². The molecule has 1 fully saturated rings. The molecule has 202 valence electrons. The molecule has 37 heavy (non-hydrogen) atoms. The Kier molecular flexibility index (Phi) is 10.1. The molecule has 10 heteroatoms. The predicted octanol–water partition coefficient (Wildman–Crippen LogP) is 3.60. The third-order valence-electron chi connectivity index (χ3n) is 6.57. The number of carbonyl (C=O) groups excluding carboxylic acids is 3. The number of aromatic nitrogens is 2. The molecule has 3 N–H and O–H groups in total. The number of aromatic amines is 1. The van der Waals surface area contributed by atoms with Gasteiger partial charge in [-0.25, -0.2) is 9.78 Å². The van der Waals surface area contributed by atoms with Crippen molar-refractivity contribution in [2.45, 2.75) is 71.9 Å². The van der Waals surface area contributed by atoms with Crippen molar-refractivity contribution < 1.29 is 23.9 Å². The van der Waals surface area contributed by atoms with Gasteiger partial charge in [0.15, 0.2) is 0 Å². The van der Waals surface area contributed by atoms with Crippen molar-refractivity contribution >= 4 is 23.5 Å². The number of hydrogen-bond acceptors (Lipinski definition) is 7. The van der Waals surface area contributed by atoms with Crippen LogP contribution in [-0.2, 0) is 9.53 Å². The third-order valence-corrected chi connectivity index (χ3v) is 6.57. The van der Waals surface area contributed by atoms with Gasteiger partial charge in [0.25, 0.3) is 5.91 Å². The number of ether oxygens (including phenoxy) is 2. The second-order valence-electron chi connectivity index (χ2n) is 9.51. The van der Waals surface area contributed by atoms with E-state index in [9.17, 15) is 14.4 Å². The number of amides is 2. The van der Waals surface area contributed by atoms with E-state index in [1.807, 2.05) is 6.92 Å². The molecular weight excluding hydrogens is 474 g/mol. The summed E-state index contributed by atoms with van der Waals surface area (Å²) in [7, 11) is 2.10. The minimum Gasteiger partial charge on any atom is -0.474 e. The molecule has 0 bridgehead atoms. The van der Waals surface area contributed by atoms with Crippen molar-refractivity contribution in [1.82, 2.24) is 20.2 Å². The highest BCUT2D eigenvalue weighted by molar-refractivity contribution is 6.03. The van der Waals surface area contributed by atoms with E-state index in [4.69, 9.17) is 9.47 Å². The molecule has 0 aliphatic carbocycles. The van der Waals surface area contributed by atoms with E-state index in [1.54, 1.807) is 39.1 Å². The highest BCUT2D eigenvalue weighted by Gasteiger charge is 2.27. The molecule has 1 saturated heterocycles. The summed E-state index contributed by atoms with van der Waals surface area (Å²) in [6.45, 7) is 9.38. The Balaban J connectivity index is 1.64. The standard InChI is InChI=1S/C27H39N5O5/c1-6-8-9-21(31-26(34)24-17(3)23(18(4)29-24)27(35)36-7-2)25(33)30-19-10-11-22(28-16-19)37-20-12-14-32(5)15-13-20/h10-11,16,20-21,29H,6-9,12-15H2,1-5H3,(H,30,33)(H,31,34)/t21-/m0/s1. The molecule has 0 aromatic carbocycles. The second-order valence-corrected chi connectivity index (χ2v) is 9.51. The average molecular weight is 514 g/mol. The third kappa shape index (κ3) is 7.55. The maximum atomic E-state index is 13.1. The molecule has 10 nitrogen and oxygen atoms in total. The van der Waals surface area contributed by atoms with Gasteiger partial charge in [-0.1, -0.05) is 19.8 Å². The highest BCUT2D eigenvalue weighted by atomic mass is 16.5. The van der Waals surface area contributed by atoms with Crippen LogP contribution in [0.15, 0.2) is 18.3 Å². The van der Waals surface area contributed by atoms with Gasteiger partial charge in [0.2, 0.25) is 11.8 Å². The first-order valence-electron chi connectivity index (χ1n) is 13.0. The number of piperidine rings is 1. The van der Waals surface area contributed by atoms with Gasteiger partial charge >= 0.3 is 5.97 Å². The van der Waals surface area contributed by atoms with Crippen molar-refractivity contribution in [3.8, 4) is 5.88 Å². The second kappa shape index (κ2) is 13.2. The minimum atomic E-state index is -0.753. The number of likely N-dealkylation sites (tertiary alicyclic amines) is 1.